The van der Waals surface area contributed by atoms with Crippen LogP contribution in [0.2, 0.25) is 5.02 Å². The first-order valence-corrected chi connectivity index (χ1v) is 8.50. The van der Waals surface area contributed by atoms with Crippen LogP contribution < -0.4 is 5.32 Å². The Morgan fingerprint density at radius 3 is 2.70 bits per heavy atom. The molecule has 126 valence electrons. The van der Waals surface area contributed by atoms with Gasteiger partial charge in [-0.1, -0.05) is 23.7 Å². The maximum absolute atomic E-state index is 12.0. The molecule has 5 heteroatoms. The number of amides is 1. The molecule has 0 saturated carbocycles. The van der Waals surface area contributed by atoms with Crippen molar-refractivity contribution < 1.29 is 9.53 Å². The summed E-state index contributed by atoms with van der Waals surface area (Å²) in [5.41, 5.74) is 0.970. The Hall–Kier alpha value is -1.36. The molecule has 1 N–H and O–H groups in total. The summed E-state index contributed by atoms with van der Waals surface area (Å²) in [5.74, 6) is -0.0298. The molecule has 1 aromatic carbocycles. The van der Waals surface area contributed by atoms with E-state index in [0.717, 1.165) is 51.1 Å². The monoisotopic (exact) mass is 336 g/mol. The summed E-state index contributed by atoms with van der Waals surface area (Å²) in [6.45, 7) is 3.96. The van der Waals surface area contributed by atoms with Gasteiger partial charge in [-0.15, -0.1) is 0 Å². The smallest absolute Gasteiger partial charge is 0.244 e. The van der Waals surface area contributed by atoms with Crippen molar-refractivity contribution in [3.63, 3.8) is 0 Å². The van der Waals surface area contributed by atoms with E-state index in [1.54, 1.807) is 13.2 Å². The lowest BCUT2D eigenvalue weighted by Crippen LogP contribution is -2.44. The molecule has 1 amide bonds. The zero-order valence-corrected chi connectivity index (χ0v) is 14.4. The first-order chi connectivity index (χ1) is 11.2. The number of methoxy groups -OCH3 is 1. The topological polar surface area (TPSA) is 41.6 Å². The minimum Gasteiger partial charge on any atom is -0.385 e. The summed E-state index contributed by atoms with van der Waals surface area (Å²) in [4.78, 5) is 14.4. The number of nitrogens with one attached hydrogen (secondary N) is 1. The van der Waals surface area contributed by atoms with Crippen LogP contribution in [0.25, 0.3) is 6.08 Å². The lowest BCUT2D eigenvalue weighted by atomic mass is 10.0. The van der Waals surface area contributed by atoms with Gasteiger partial charge >= 0.3 is 0 Å². The second-order valence-corrected chi connectivity index (χ2v) is 6.29. The maximum atomic E-state index is 12.0. The molecule has 0 spiro atoms. The summed E-state index contributed by atoms with van der Waals surface area (Å²) in [7, 11) is 1.74. The highest BCUT2D eigenvalue weighted by Gasteiger charge is 2.19. The van der Waals surface area contributed by atoms with Gasteiger partial charge in [0.05, 0.1) is 0 Å². The van der Waals surface area contributed by atoms with Gasteiger partial charge in [-0.2, -0.15) is 0 Å². The highest BCUT2D eigenvalue weighted by molar-refractivity contribution is 6.30. The fourth-order valence-electron chi connectivity index (χ4n) is 2.73. The lowest BCUT2D eigenvalue weighted by Gasteiger charge is -2.32. The van der Waals surface area contributed by atoms with E-state index in [4.69, 9.17) is 16.3 Å². The fourth-order valence-corrected chi connectivity index (χ4v) is 2.85. The van der Waals surface area contributed by atoms with Gasteiger partial charge in [0.15, 0.2) is 0 Å². The number of carbonyl (C=O) groups excluding carboxylic acids is 1. The Bertz CT molecular complexity index is 508. The van der Waals surface area contributed by atoms with Gasteiger partial charge in [-0.05, 0) is 43.0 Å². The number of hydrogen-bond donors (Lipinski definition) is 1. The standard InChI is InChI=1S/C18H25ClN2O2/c1-23-14-2-11-21-12-9-17(10-13-21)20-18(22)8-5-15-3-6-16(19)7-4-15/h3-8,17H,2,9-14H2,1H3,(H,20,22). The molecule has 0 bridgehead atoms. The number of halogens is 1. The number of nitrogens with zero attached hydrogens (tertiary/aromatic N) is 1. The molecule has 1 aromatic rings. The lowest BCUT2D eigenvalue weighted by molar-refractivity contribution is -0.117. The Morgan fingerprint density at radius 1 is 1.35 bits per heavy atom. The summed E-state index contributed by atoms with van der Waals surface area (Å²) in [6, 6.07) is 7.70. The van der Waals surface area contributed by atoms with Gasteiger partial charge in [-0.3, -0.25) is 4.79 Å². The minimum atomic E-state index is -0.0298. The third-order valence-electron chi connectivity index (χ3n) is 4.05. The summed E-state index contributed by atoms with van der Waals surface area (Å²) in [5, 5.41) is 3.78. The van der Waals surface area contributed by atoms with Crippen LogP contribution in [-0.2, 0) is 9.53 Å². The number of likely N-dealkylation sites (tertiary alicyclic amines) is 1. The van der Waals surface area contributed by atoms with Crippen molar-refractivity contribution in [1.82, 2.24) is 10.2 Å². The Labute approximate surface area is 143 Å². The summed E-state index contributed by atoms with van der Waals surface area (Å²) < 4.78 is 5.08. The van der Waals surface area contributed by atoms with Crippen LogP contribution in [0.1, 0.15) is 24.8 Å². The van der Waals surface area contributed by atoms with Crippen molar-refractivity contribution >= 4 is 23.6 Å². The van der Waals surface area contributed by atoms with Crippen LogP contribution in [-0.4, -0.2) is 50.2 Å². The molecule has 1 fully saturated rings. The van der Waals surface area contributed by atoms with Crippen LogP contribution in [0.15, 0.2) is 30.3 Å². The van der Waals surface area contributed by atoms with Crippen molar-refractivity contribution in [3.8, 4) is 0 Å². The van der Waals surface area contributed by atoms with E-state index in [-0.39, 0.29) is 11.9 Å². The minimum absolute atomic E-state index is 0.0298. The van der Waals surface area contributed by atoms with Crippen molar-refractivity contribution in [2.24, 2.45) is 0 Å². The fraction of sp³-hybridized carbons (Fsp3) is 0.500. The molecule has 4 nitrogen and oxygen atoms in total. The van der Waals surface area contributed by atoms with Crippen molar-refractivity contribution in [1.29, 1.82) is 0 Å². The predicted octanol–water partition coefficient (Wildman–Crippen LogP) is 2.97. The number of benzene rings is 1. The largest absolute Gasteiger partial charge is 0.385 e. The highest BCUT2D eigenvalue weighted by Crippen LogP contribution is 2.12. The van der Waals surface area contributed by atoms with Gasteiger partial charge < -0.3 is 15.0 Å². The first-order valence-electron chi connectivity index (χ1n) is 8.13. The molecule has 1 aliphatic heterocycles. The maximum Gasteiger partial charge on any atom is 0.244 e. The van der Waals surface area contributed by atoms with Crippen LogP contribution >= 0.6 is 11.6 Å². The van der Waals surface area contributed by atoms with E-state index in [9.17, 15) is 4.79 Å². The van der Waals surface area contributed by atoms with Gasteiger partial charge in [0, 0.05) is 50.5 Å². The van der Waals surface area contributed by atoms with Gasteiger partial charge in [0.1, 0.15) is 0 Å². The SMILES string of the molecule is COCCCN1CCC(NC(=O)C=Cc2ccc(Cl)cc2)CC1. The third kappa shape index (κ3) is 6.73. The molecule has 0 aliphatic carbocycles. The van der Waals surface area contributed by atoms with E-state index in [1.165, 1.54) is 0 Å². The summed E-state index contributed by atoms with van der Waals surface area (Å²) in [6.07, 6.45) is 6.48. The van der Waals surface area contributed by atoms with Crippen LogP contribution in [0.3, 0.4) is 0 Å². The first kappa shape index (κ1) is 18.0. The zero-order chi connectivity index (χ0) is 16.5. The molecule has 23 heavy (non-hydrogen) atoms. The van der Waals surface area contributed by atoms with E-state index >= 15 is 0 Å². The van der Waals surface area contributed by atoms with Gasteiger partial charge in [0.25, 0.3) is 0 Å². The Balaban J connectivity index is 1.69. The zero-order valence-electron chi connectivity index (χ0n) is 13.6. The molecule has 0 atom stereocenters. The Kier molecular flexibility index (Phi) is 7.59. The predicted molar refractivity (Wildman–Crippen MR) is 94.6 cm³/mol. The summed E-state index contributed by atoms with van der Waals surface area (Å²) >= 11 is 5.84. The van der Waals surface area contributed by atoms with Crippen LogP contribution in [0, 0.1) is 0 Å². The average molecular weight is 337 g/mol. The number of piperidine rings is 1. The number of hydrogen-bond acceptors (Lipinski definition) is 3. The molecular weight excluding hydrogens is 312 g/mol. The molecule has 0 unspecified atom stereocenters. The molecule has 1 saturated heterocycles. The molecular formula is C18H25ClN2O2. The van der Waals surface area contributed by atoms with E-state index < -0.39 is 0 Å². The van der Waals surface area contributed by atoms with Crippen molar-refractivity contribution in [2.75, 3.05) is 33.4 Å². The molecule has 1 aliphatic rings. The number of rotatable bonds is 7. The molecule has 2 rings (SSSR count). The van der Waals surface area contributed by atoms with E-state index in [0.29, 0.717) is 5.02 Å². The quantitative estimate of drug-likeness (QED) is 0.615. The average Bonchev–Trinajstić information content (AvgIpc) is 2.56. The van der Waals surface area contributed by atoms with Crippen LogP contribution in [0.4, 0.5) is 0 Å². The van der Waals surface area contributed by atoms with E-state index in [2.05, 4.69) is 10.2 Å². The van der Waals surface area contributed by atoms with Crippen molar-refractivity contribution in [2.45, 2.75) is 25.3 Å². The van der Waals surface area contributed by atoms with Gasteiger partial charge in [0.2, 0.25) is 5.91 Å². The second-order valence-electron chi connectivity index (χ2n) is 5.86. The van der Waals surface area contributed by atoms with E-state index in [1.807, 2.05) is 30.3 Å². The van der Waals surface area contributed by atoms with Crippen LogP contribution in [0.5, 0.6) is 0 Å². The molecule has 0 radical (unpaired) electrons. The Morgan fingerprint density at radius 2 is 2.04 bits per heavy atom. The van der Waals surface area contributed by atoms with Gasteiger partial charge in [-0.25, -0.2) is 0 Å². The molecule has 1 heterocycles. The van der Waals surface area contributed by atoms with Crippen molar-refractivity contribution in [3.05, 3.63) is 40.9 Å². The molecule has 0 aromatic heterocycles. The third-order valence-corrected chi connectivity index (χ3v) is 4.31. The number of ether oxygens (including phenoxy) is 1. The highest BCUT2D eigenvalue weighted by atomic mass is 35.5. The number of carbonyl (C=O) groups is 1. The second kappa shape index (κ2) is 9.71. The normalized spacial score (nSPS) is 16.8.